The number of carbonyl (C=O) groups excluding carboxylic acids is 1. The summed E-state index contributed by atoms with van der Waals surface area (Å²) in [6.07, 6.45) is 1.59. The van der Waals surface area contributed by atoms with E-state index in [1.165, 1.54) is 0 Å². The summed E-state index contributed by atoms with van der Waals surface area (Å²) in [6, 6.07) is 7.35. The zero-order chi connectivity index (χ0) is 14.1. The molecule has 20 heavy (non-hydrogen) atoms. The van der Waals surface area contributed by atoms with Gasteiger partial charge >= 0.3 is 0 Å². The Morgan fingerprint density at radius 3 is 2.95 bits per heavy atom. The van der Waals surface area contributed by atoms with Gasteiger partial charge in [-0.25, -0.2) is 0 Å². The molecule has 0 unspecified atom stereocenters. The van der Waals surface area contributed by atoms with Crippen LogP contribution in [0.25, 0.3) is 11.1 Å². The van der Waals surface area contributed by atoms with Crippen molar-refractivity contribution in [2.45, 2.75) is 26.9 Å². The Hall–Kier alpha value is -2.43. The Morgan fingerprint density at radius 2 is 2.25 bits per heavy atom. The summed E-state index contributed by atoms with van der Waals surface area (Å²) in [7, 11) is 0. The van der Waals surface area contributed by atoms with Gasteiger partial charge in [0.05, 0.1) is 18.3 Å². The largest absolute Gasteiger partial charge is 0.467 e. The molecule has 3 aromatic rings. The lowest BCUT2D eigenvalue weighted by atomic mass is 10.3. The first-order chi connectivity index (χ1) is 9.69. The maximum absolute atomic E-state index is 12.3. The summed E-state index contributed by atoms with van der Waals surface area (Å²) in [6.45, 7) is 4.99. The third kappa shape index (κ3) is 2.11. The van der Waals surface area contributed by atoms with Crippen molar-refractivity contribution in [2.24, 2.45) is 0 Å². The summed E-state index contributed by atoms with van der Waals surface area (Å²) in [5.74, 6) is 1.44. The Morgan fingerprint density at radius 1 is 1.40 bits per heavy atom. The molecule has 1 amide bonds. The molecular formula is C15H16N2O3. The first-order valence-corrected chi connectivity index (χ1v) is 6.59. The molecule has 0 saturated heterocycles. The Bertz CT molecular complexity index is 735. The minimum Gasteiger partial charge on any atom is -0.467 e. The third-order valence-corrected chi connectivity index (χ3v) is 3.26. The fourth-order valence-electron chi connectivity index (χ4n) is 2.36. The lowest BCUT2D eigenvalue weighted by molar-refractivity contribution is 0.0939. The molecule has 3 aromatic heterocycles. The number of furan rings is 2. The van der Waals surface area contributed by atoms with Gasteiger partial charge in [0.25, 0.3) is 5.91 Å². The maximum atomic E-state index is 12.3. The molecule has 5 heteroatoms. The number of aromatic nitrogens is 1. The lowest BCUT2D eigenvalue weighted by Crippen LogP contribution is -2.25. The second kappa shape index (κ2) is 4.92. The molecule has 104 valence electrons. The molecule has 3 heterocycles. The number of amides is 1. The van der Waals surface area contributed by atoms with Crippen molar-refractivity contribution < 1.29 is 13.6 Å². The fourth-order valence-corrected chi connectivity index (χ4v) is 2.36. The quantitative estimate of drug-likeness (QED) is 0.794. The predicted octanol–water partition coefficient (Wildman–Crippen LogP) is 3.09. The molecule has 3 rings (SSSR count). The Labute approximate surface area is 116 Å². The highest BCUT2D eigenvalue weighted by molar-refractivity contribution is 5.97. The number of nitrogens with one attached hydrogen (secondary N) is 1. The Kier molecular flexibility index (Phi) is 3.10. The summed E-state index contributed by atoms with van der Waals surface area (Å²) < 4.78 is 12.7. The molecule has 0 bridgehead atoms. The average Bonchev–Trinajstić information content (AvgIpc) is 3.10. The molecule has 0 aliphatic heterocycles. The first kappa shape index (κ1) is 12.6. The first-order valence-electron chi connectivity index (χ1n) is 6.59. The van der Waals surface area contributed by atoms with Crippen LogP contribution in [-0.4, -0.2) is 10.5 Å². The highest BCUT2D eigenvalue weighted by Crippen LogP contribution is 2.23. The van der Waals surface area contributed by atoms with E-state index in [2.05, 4.69) is 5.32 Å². The number of fused-ring (bicyclic) bond motifs is 1. The van der Waals surface area contributed by atoms with Gasteiger partial charge in [-0.05, 0) is 26.0 Å². The molecule has 5 nitrogen and oxygen atoms in total. The maximum Gasteiger partial charge on any atom is 0.268 e. The summed E-state index contributed by atoms with van der Waals surface area (Å²) in [5.41, 5.74) is 2.30. The van der Waals surface area contributed by atoms with Crippen LogP contribution < -0.4 is 5.32 Å². The summed E-state index contributed by atoms with van der Waals surface area (Å²) >= 11 is 0. The van der Waals surface area contributed by atoms with Crippen molar-refractivity contribution >= 4 is 17.0 Å². The van der Waals surface area contributed by atoms with Gasteiger partial charge < -0.3 is 18.7 Å². The van der Waals surface area contributed by atoms with Gasteiger partial charge in [-0.2, -0.15) is 0 Å². The van der Waals surface area contributed by atoms with Gasteiger partial charge in [0.1, 0.15) is 17.2 Å². The molecule has 0 radical (unpaired) electrons. The summed E-state index contributed by atoms with van der Waals surface area (Å²) in [4.78, 5) is 12.3. The van der Waals surface area contributed by atoms with Gasteiger partial charge in [0, 0.05) is 18.7 Å². The van der Waals surface area contributed by atoms with Crippen LogP contribution in [0, 0.1) is 6.92 Å². The molecule has 0 aromatic carbocycles. The van der Waals surface area contributed by atoms with Crippen LogP contribution in [0.4, 0.5) is 0 Å². The second-order valence-electron chi connectivity index (χ2n) is 4.64. The van der Waals surface area contributed by atoms with Crippen molar-refractivity contribution in [1.29, 1.82) is 0 Å². The van der Waals surface area contributed by atoms with Crippen LogP contribution in [-0.2, 0) is 13.1 Å². The van der Waals surface area contributed by atoms with Gasteiger partial charge in [-0.15, -0.1) is 0 Å². The van der Waals surface area contributed by atoms with Crippen molar-refractivity contribution in [3.05, 3.63) is 47.7 Å². The van der Waals surface area contributed by atoms with Crippen molar-refractivity contribution in [3.8, 4) is 0 Å². The summed E-state index contributed by atoms with van der Waals surface area (Å²) in [5, 5.41) is 2.85. The van der Waals surface area contributed by atoms with E-state index >= 15 is 0 Å². The Balaban J connectivity index is 1.85. The third-order valence-electron chi connectivity index (χ3n) is 3.26. The molecule has 1 N–H and O–H groups in total. The van der Waals surface area contributed by atoms with Crippen molar-refractivity contribution in [2.75, 3.05) is 0 Å². The van der Waals surface area contributed by atoms with Crippen LogP contribution in [0.15, 0.2) is 39.4 Å². The van der Waals surface area contributed by atoms with Gasteiger partial charge in [0.2, 0.25) is 0 Å². The highest BCUT2D eigenvalue weighted by atomic mass is 16.3. The number of hydrogen-bond acceptors (Lipinski definition) is 3. The van der Waals surface area contributed by atoms with E-state index in [9.17, 15) is 4.79 Å². The van der Waals surface area contributed by atoms with E-state index in [-0.39, 0.29) is 5.91 Å². The van der Waals surface area contributed by atoms with Crippen LogP contribution >= 0.6 is 0 Å². The minimum absolute atomic E-state index is 0.132. The van der Waals surface area contributed by atoms with E-state index in [1.807, 2.05) is 30.5 Å². The molecule has 0 fully saturated rings. The molecule has 0 aliphatic rings. The number of aryl methyl sites for hydroxylation is 2. The molecular weight excluding hydrogens is 256 g/mol. The molecule has 0 spiro atoms. The van der Waals surface area contributed by atoms with E-state index in [0.717, 1.165) is 22.6 Å². The molecule has 0 aliphatic carbocycles. The number of rotatable bonds is 4. The van der Waals surface area contributed by atoms with Gasteiger partial charge in [-0.3, -0.25) is 4.79 Å². The normalized spacial score (nSPS) is 11.1. The van der Waals surface area contributed by atoms with E-state index < -0.39 is 0 Å². The number of hydrogen-bond donors (Lipinski definition) is 1. The topological polar surface area (TPSA) is 60.3 Å². The zero-order valence-corrected chi connectivity index (χ0v) is 11.5. The highest BCUT2D eigenvalue weighted by Gasteiger charge is 2.17. The van der Waals surface area contributed by atoms with Crippen LogP contribution in [0.2, 0.25) is 0 Å². The minimum atomic E-state index is -0.132. The van der Waals surface area contributed by atoms with Crippen LogP contribution in [0.3, 0.4) is 0 Å². The number of carbonyl (C=O) groups is 1. The average molecular weight is 272 g/mol. The van der Waals surface area contributed by atoms with Crippen molar-refractivity contribution in [1.82, 2.24) is 9.88 Å². The second-order valence-corrected chi connectivity index (χ2v) is 4.64. The van der Waals surface area contributed by atoms with E-state index in [0.29, 0.717) is 18.8 Å². The number of nitrogens with zero attached hydrogens (tertiary/aromatic N) is 1. The van der Waals surface area contributed by atoms with Crippen LogP contribution in [0.1, 0.15) is 28.9 Å². The fraction of sp³-hybridized carbons (Fsp3) is 0.267. The van der Waals surface area contributed by atoms with Crippen LogP contribution in [0.5, 0.6) is 0 Å². The SMILES string of the molecule is CCn1c(C(=O)NCc2ccco2)cc2oc(C)cc21. The standard InChI is InChI=1S/C15H16N2O3/c1-3-17-12-7-10(2)20-14(12)8-13(17)15(18)16-9-11-5-4-6-19-11/h4-8H,3,9H2,1-2H3,(H,16,18). The van der Waals surface area contributed by atoms with Gasteiger partial charge in [0.15, 0.2) is 5.58 Å². The smallest absolute Gasteiger partial charge is 0.268 e. The lowest BCUT2D eigenvalue weighted by Gasteiger charge is -2.07. The predicted molar refractivity (Wildman–Crippen MR) is 74.5 cm³/mol. The van der Waals surface area contributed by atoms with Crippen molar-refractivity contribution in [3.63, 3.8) is 0 Å². The molecule has 0 atom stereocenters. The molecule has 0 saturated carbocycles. The zero-order valence-electron chi connectivity index (χ0n) is 11.5. The van der Waals surface area contributed by atoms with Gasteiger partial charge in [-0.1, -0.05) is 0 Å². The monoisotopic (exact) mass is 272 g/mol. The van der Waals surface area contributed by atoms with E-state index in [1.54, 1.807) is 18.4 Å². The van der Waals surface area contributed by atoms with E-state index in [4.69, 9.17) is 8.83 Å².